The van der Waals surface area contributed by atoms with Crippen LogP contribution in [0.2, 0.25) is 0 Å². The zero-order valence-electron chi connectivity index (χ0n) is 22.3. The lowest BCUT2D eigenvalue weighted by molar-refractivity contribution is -0.111. The predicted octanol–water partition coefficient (Wildman–Crippen LogP) is 9.03. The highest BCUT2D eigenvalue weighted by Crippen LogP contribution is 2.47. The Morgan fingerprint density at radius 2 is 1.83 bits per heavy atom. The first-order valence-electron chi connectivity index (χ1n) is 12.4. The minimum atomic E-state index is -0.124. The largest absolute Gasteiger partial charge is 0.323 e. The summed E-state index contributed by atoms with van der Waals surface area (Å²) >= 11 is 1.75. The standard InChI is InChI=1S/C29H34N2OS.C2H6/c1-21(10-9-11-22(2)18-28(32)31-24-12-7-6-8-13-24)14-15-26-23(3)25(16-17-29(26,4)5)27-19-30-20-33-27;1-2/h6-15,18-20,25H,16-17H2,1-5H3,(H,31,32);1-2H3/b11-9+,15-14+,21-10+,22-18-;. The number of nitrogens with one attached hydrogen (secondary N) is 1. The molecule has 0 spiro atoms. The van der Waals surface area contributed by atoms with Crippen LogP contribution in [-0.2, 0) is 4.79 Å². The van der Waals surface area contributed by atoms with Crippen LogP contribution < -0.4 is 5.32 Å². The van der Waals surface area contributed by atoms with Crippen molar-refractivity contribution in [3.8, 4) is 0 Å². The van der Waals surface area contributed by atoms with Crippen LogP contribution in [-0.4, -0.2) is 10.9 Å². The van der Waals surface area contributed by atoms with E-state index in [0.717, 1.165) is 11.3 Å². The Kier molecular flexibility index (Phi) is 11.1. The zero-order valence-corrected chi connectivity index (χ0v) is 23.1. The summed E-state index contributed by atoms with van der Waals surface area (Å²) in [6.07, 6.45) is 16.5. The van der Waals surface area contributed by atoms with E-state index in [9.17, 15) is 4.79 Å². The van der Waals surface area contributed by atoms with Crippen molar-refractivity contribution in [2.45, 2.75) is 67.2 Å². The van der Waals surface area contributed by atoms with Gasteiger partial charge < -0.3 is 5.32 Å². The van der Waals surface area contributed by atoms with E-state index in [1.807, 2.05) is 75.0 Å². The lowest BCUT2D eigenvalue weighted by Gasteiger charge is -2.37. The number of hydrogen-bond donors (Lipinski definition) is 1. The van der Waals surface area contributed by atoms with Gasteiger partial charge in [-0.3, -0.25) is 9.78 Å². The average molecular weight is 489 g/mol. The van der Waals surface area contributed by atoms with Crippen molar-refractivity contribution < 1.29 is 4.79 Å². The first kappa shape index (κ1) is 28.3. The molecule has 0 bridgehead atoms. The van der Waals surface area contributed by atoms with Crippen molar-refractivity contribution >= 4 is 22.9 Å². The van der Waals surface area contributed by atoms with Crippen LogP contribution in [0.1, 0.15) is 72.1 Å². The molecule has 0 saturated heterocycles. The molecule has 1 amide bonds. The molecule has 0 saturated carbocycles. The van der Waals surface area contributed by atoms with Gasteiger partial charge in [-0.15, -0.1) is 11.3 Å². The number of hydrogen-bond acceptors (Lipinski definition) is 3. The first-order chi connectivity index (χ1) is 16.8. The highest BCUT2D eigenvalue weighted by Gasteiger charge is 2.32. The second kappa shape index (κ2) is 13.8. The fourth-order valence-electron chi connectivity index (χ4n) is 4.26. The van der Waals surface area contributed by atoms with Gasteiger partial charge in [0.05, 0.1) is 5.51 Å². The maximum atomic E-state index is 12.1. The summed E-state index contributed by atoms with van der Waals surface area (Å²) in [7, 11) is 0. The molecule has 1 aromatic carbocycles. The van der Waals surface area contributed by atoms with Gasteiger partial charge in [-0.05, 0) is 62.3 Å². The van der Waals surface area contributed by atoms with E-state index in [-0.39, 0.29) is 11.3 Å². The van der Waals surface area contributed by atoms with Gasteiger partial charge in [0.15, 0.2) is 0 Å². The molecule has 1 atom stereocenters. The third kappa shape index (κ3) is 8.63. The van der Waals surface area contributed by atoms with E-state index in [1.54, 1.807) is 17.4 Å². The number of carbonyl (C=O) groups is 1. The van der Waals surface area contributed by atoms with Gasteiger partial charge in [0.2, 0.25) is 5.91 Å². The number of para-hydroxylation sites is 1. The number of nitrogens with zero attached hydrogens (tertiary/aromatic N) is 1. The van der Waals surface area contributed by atoms with E-state index in [1.165, 1.54) is 34.4 Å². The zero-order chi connectivity index (χ0) is 25.8. The Morgan fingerprint density at radius 1 is 1.11 bits per heavy atom. The van der Waals surface area contributed by atoms with E-state index in [0.29, 0.717) is 5.92 Å². The van der Waals surface area contributed by atoms with Gasteiger partial charge in [-0.1, -0.05) is 87.4 Å². The van der Waals surface area contributed by atoms with Crippen LogP contribution >= 0.6 is 11.3 Å². The van der Waals surface area contributed by atoms with Crippen molar-refractivity contribution in [1.82, 2.24) is 4.98 Å². The summed E-state index contributed by atoms with van der Waals surface area (Å²) in [5, 5.41) is 2.87. The summed E-state index contributed by atoms with van der Waals surface area (Å²) in [6, 6.07) is 9.48. The minimum Gasteiger partial charge on any atom is -0.323 e. The highest BCUT2D eigenvalue weighted by atomic mass is 32.1. The normalized spacial score (nSPS) is 18.5. The number of rotatable bonds is 7. The maximum Gasteiger partial charge on any atom is 0.248 e. The fraction of sp³-hybridized carbons (Fsp3) is 0.355. The smallest absolute Gasteiger partial charge is 0.248 e. The molecule has 35 heavy (non-hydrogen) atoms. The molecule has 0 fully saturated rings. The fourth-order valence-corrected chi connectivity index (χ4v) is 5.09. The van der Waals surface area contributed by atoms with Crippen LogP contribution in [0.25, 0.3) is 0 Å². The Labute approximate surface area is 216 Å². The van der Waals surface area contributed by atoms with E-state index < -0.39 is 0 Å². The van der Waals surface area contributed by atoms with Gasteiger partial charge in [0, 0.05) is 28.8 Å². The molecule has 1 aliphatic rings. The van der Waals surface area contributed by atoms with Crippen molar-refractivity contribution in [3.63, 3.8) is 0 Å². The van der Waals surface area contributed by atoms with Gasteiger partial charge in [-0.25, -0.2) is 0 Å². The topological polar surface area (TPSA) is 42.0 Å². The van der Waals surface area contributed by atoms with Crippen LogP contribution in [0, 0.1) is 5.41 Å². The highest BCUT2D eigenvalue weighted by molar-refractivity contribution is 7.09. The molecule has 0 radical (unpaired) electrons. The quantitative estimate of drug-likeness (QED) is 0.312. The lowest BCUT2D eigenvalue weighted by atomic mass is 9.68. The molecule has 3 nitrogen and oxygen atoms in total. The first-order valence-corrected chi connectivity index (χ1v) is 13.3. The van der Waals surface area contributed by atoms with Gasteiger partial charge in [0.25, 0.3) is 0 Å². The van der Waals surface area contributed by atoms with Crippen molar-refractivity contribution in [2.75, 3.05) is 5.32 Å². The third-order valence-corrected chi connectivity index (χ3v) is 7.05. The summed E-state index contributed by atoms with van der Waals surface area (Å²) < 4.78 is 0. The number of benzene rings is 1. The maximum absolute atomic E-state index is 12.1. The monoisotopic (exact) mass is 488 g/mol. The molecule has 4 heteroatoms. The summed E-state index contributed by atoms with van der Waals surface area (Å²) in [5.41, 5.74) is 7.85. The number of allylic oxidation sites excluding steroid dienone is 9. The van der Waals surface area contributed by atoms with Crippen molar-refractivity contribution in [2.24, 2.45) is 5.41 Å². The molecular weight excluding hydrogens is 448 g/mol. The summed E-state index contributed by atoms with van der Waals surface area (Å²) in [4.78, 5) is 17.8. The van der Waals surface area contributed by atoms with E-state index in [2.05, 4.69) is 56.2 Å². The van der Waals surface area contributed by atoms with Crippen LogP contribution in [0.15, 0.2) is 101 Å². The molecule has 3 rings (SSSR count). The SMILES string of the molecule is CC.CC1=C(/C=C/C(C)=C/C=C/C(C)=C\C(=O)Nc2ccccc2)C(C)(C)CCC1c1cncs1. The Bertz CT molecular complexity index is 1100. The van der Waals surface area contributed by atoms with E-state index >= 15 is 0 Å². The molecule has 186 valence electrons. The van der Waals surface area contributed by atoms with Crippen molar-refractivity contribution in [3.05, 3.63) is 106 Å². The lowest BCUT2D eigenvalue weighted by Crippen LogP contribution is -2.23. The second-order valence-electron chi connectivity index (χ2n) is 9.32. The minimum absolute atomic E-state index is 0.124. The van der Waals surface area contributed by atoms with E-state index in [4.69, 9.17) is 0 Å². The van der Waals surface area contributed by atoms with Crippen molar-refractivity contribution in [1.29, 1.82) is 0 Å². The third-order valence-electron chi connectivity index (χ3n) is 6.16. The Hall–Kier alpha value is -2.98. The number of amides is 1. The molecule has 1 unspecified atom stereocenters. The molecule has 0 aliphatic heterocycles. The summed E-state index contributed by atoms with van der Waals surface area (Å²) in [5.74, 6) is 0.352. The molecule has 2 aromatic rings. The van der Waals surface area contributed by atoms with Gasteiger partial charge in [0.1, 0.15) is 0 Å². The number of thiazole rings is 1. The Morgan fingerprint density at radius 3 is 2.49 bits per heavy atom. The predicted molar refractivity (Wildman–Crippen MR) is 153 cm³/mol. The van der Waals surface area contributed by atoms with Gasteiger partial charge in [-0.2, -0.15) is 0 Å². The second-order valence-corrected chi connectivity index (χ2v) is 10.2. The number of carbonyl (C=O) groups excluding carboxylic acids is 1. The average Bonchev–Trinajstić information content (AvgIpc) is 3.35. The molecular formula is C31H40N2OS. The molecule has 1 N–H and O–H groups in total. The molecule has 1 aromatic heterocycles. The molecule has 1 aliphatic carbocycles. The van der Waals surface area contributed by atoms with Crippen LogP contribution in [0.5, 0.6) is 0 Å². The van der Waals surface area contributed by atoms with Crippen LogP contribution in [0.3, 0.4) is 0 Å². The summed E-state index contributed by atoms with van der Waals surface area (Å²) in [6.45, 7) is 15.0. The van der Waals surface area contributed by atoms with Crippen LogP contribution in [0.4, 0.5) is 5.69 Å². The number of anilines is 1. The van der Waals surface area contributed by atoms with Gasteiger partial charge >= 0.3 is 0 Å². The Balaban J connectivity index is 0.00000210. The number of aromatic nitrogens is 1. The molecule has 1 heterocycles.